The number of aryl methyl sites for hydroxylation is 1. The second-order valence-electron chi connectivity index (χ2n) is 6.14. The van der Waals surface area contributed by atoms with Crippen LogP contribution in [0, 0.1) is 0 Å². The van der Waals surface area contributed by atoms with Crippen LogP contribution >= 0.6 is 0 Å². The lowest BCUT2D eigenvalue weighted by atomic mass is 9.95. The number of imidazole rings is 2. The summed E-state index contributed by atoms with van der Waals surface area (Å²) in [6.07, 6.45) is 4.70. The number of rotatable bonds is 4. The second-order valence-corrected chi connectivity index (χ2v) is 6.14. The van der Waals surface area contributed by atoms with Crippen molar-refractivity contribution in [2.75, 3.05) is 5.73 Å². The van der Waals surface area contributed by atoms with Crippen molar-refractivity contribution in [3.8, 4) is 11.4 Å². The molecule has 0 unspecified atom stereocenters. The molecular formula is C15H25N5. The van der Waals surface area contributed by atoms with Crippen molar-refractivity contribution < 1.29 is 0 Å². The van der Waals surface area contributed by atoms with Crippen molar-refractivity contribution in [2.45, 2.75) is 59.5 Å². The third-order valence-electron chi connectivity index (χ3n) is 3.42. The van der Waals surface area contributed by atoms with E-state index < -0.39 is 0 Å². The summed E-state index contributed by atoms with van der Waals surface area (Å²) in [6, 6.07) is 0. The van der Waals surface area contributed by atoms with Crippen molar-refractivity contribution >= 4 is 5.82 Å². The van der Waals surface area contributed by atoms with Gasteiger partial charge in [0.2, 0.25) is 0 Å². The van der Waals surface area contributed by atoms with Gasteiger partial charge in [-0.25, -0.2) is 9.97 Å². The van der Waals surface area contributed by atoms with Crippen LogP contribution in [0.3, 0.4) is 0 Å². The van der Waals surface area contributed by atoms with Gasteiger partial charge < -0.3 is 14.9 Å². The molecule has 0 aromatic carbocycles. The Morgan fingerprint density at radius 2 is 1.95 bits per heavy atom. The van der Waals surface area contributed by atoms with E-state index in [2.05, 4.69) is 48.7 Å². The minimum atomic E-state index is -0.0292. The number of nitrogens with zero attached hydrogens (tertiary/aromatic N) is 4. The molecule has 5 heteroatoms. The maximum Gasteiger partial charge on any atom is 0.133 e. The molecule has 0 amide bonds. The average Bonchev–Trinajstić information content (AvgIpc) is 2.94. The molecule has 20 heavy (non-hydrogen) atoms. The first-order valence-corrected chi connectivity index (χ1v) is 7.27. The Bertz CT molecular complexity index is 586. The number of nitrogens with two attached hydrogens (primary N) is 1. The topological polar surface area (TPSA) is 61.7 Å². The monoisotopic (exact) mass is 275 g/mol. The quantitative estimate of drug-likeness (QED) is 0.932. The van der Waals surface area contributed by atoms with Gasteiger partial charge in [-0.1, -0.05) is 27.7 Å². The predicted octanol–water partition coefficient (Wildman–Crippen LogP) is 3.06. The largest absolute Gasteiger partial charge is 0.383 e. The fraction of sp³-hybridized carbons (Fsp3) is 0.600. The second kappa shape index (κ2) is 5.31. The molecule has 0 radical (unpaired) electrons. The van der Waals surface area contributed by atoms with Crippen LogP contribution in [0.1, 0.15) is 46.9 Å². The highest BCUT2D eigenvalue weighted by Gasteiger charge is 2.26. The minimum absolute atomic E-state index is 0.0292. The first kappa shape index (κ1) is 14.6. The molecule has 2 heterocycles. The van der Waals surface area contributed by atoms with Crippen molar-refractivity contribution in [3.05, 3.63) is 18.3 Å². The Morgan fingerprint density at radius 1 is 1.25 bits per heavy atom. The summed E-state index contributed by atoms with van der Waals surface area (Å²) in [5.41, 5.74) is 8.17. The van der Waals surface area contributed by atoms with E-state index >= 15 is 0 Å². The Balaban J connectivity index is 2.61. The van der Waals surface area contributed by atoms with E-state index in [1.807, 2.05) is 12.5 Å². The Kier molecular flexibility index (Phi) is 3.88. The summed E-state index contributed by atoms with van der Waals surface area (Å²) in [6.45, 7) is 12.5. The Labute approximate surface area is 120 Å². The molecule has 0 aliphatic carbocycles. The van der Waals surface area contributed by atoms with Crippen LogP contribution in [0.25, 0.3) is 11.4 Å². The van der Waals surface area contributed by atoms with Crippen molar-refractivity contribution in [1.82, 2.24) is 19.1 Å². The van der Waals surface area contributed by atoms with E-state index in [1.165, 1.54) is 0 Å². The molecule has 0 saturated heterocycles. The molecular weight excluding hydrogens is 250 g/mol. The molecule has 5 nitrogen and oxygen atoms in total. The zero-order valence-electron chi connectivity index (χ0n) is 13.1. The summed E-state index contributed by atoms with van der Waals surface area (Å²) in [4.78, 5) is 9.04. The van der Waals surface area contributed by atoms with Crippen LogP contribution in [-0.2, 0) is 18.5 Å². The average molecular weight is 275 g/mol. The normalized spacial score (nSPS) is 12.1. The van der Waals surface area contributed by atoms with Crippen LogP contribution in [0.2, 0.25) is 0 Å². The molecule has 110 valence electrons. The smallest absolute Gasteiger partial charge is 0.133 e. The minimum Gasteiger partial charge on any atom is -0.383 e. The first-order valence-electron chi connectivity index (χ1n) is 7.27. The van der Waals surface area contributed by atoms with Gasteiger partial charge in [-0.05, 0) is 13.3 Å². The maximum atomic E-state index is 6.36. The number of anilines is 1. The van der Waals surface area contributed by atoms with E-state index in [-0.39, 0.29) is 5.41 Å². The molecule has 2 aromatic rings. The lowest BCUT2D eigenvalue weighted by molar-refractivity contribution is 0.498. The van der Waals surface area contributed by atoms with Gasteiger partial charge in [0.05, 0.1) is 18.2 Å². The number of aromatic nitrogens is 4. The van der Waals surface area contributed by atoms with E-state index in [4.69, 9.17) is 10.7 Å². The van der Waals surface area contributed by atoms with Crippen LogP contribution in [0.15, 0.2) is 12.5 Å². The molecule has 0 saturated carbocycles. The Morgan fingerprint density at radius 3 is 2.50 bits per heavy atom. The highest BCUT2D eigenvalue weighted by atomic mass is 15.2. The first-order chi connectivity index (χ1) is 9.40. The molecule has 0 aliphatic rings. The van der Waals surface area contributed by atoms with Gasteiger partial charge in [0.1, 0.15) is 17.3 Å². The molecule has 0 bridgehead atoms. The lowest BCUT2D eigenvalue weighted by Gasteiger charge is -2.19. The summed E-state index contributed by atoms with van der Waals surface area (Å²) >= 11 is 0. The molecule has 2 aromatic heterocycles. The fourth-order valence-electron chi connectivity index (χ4n) is 2.45. The van der Waals surface area contributed by atoms with Crippen molar-refractivity contribution in [1.29, 1.82) is 0 Å². The highest BCUT2D eigenvalue weighted by Crippen LogP contribution is 2.32. The van der Waals surface area contributed by atoms with Crippen LogP contribution < -0.4 is 5.73 Å². The van der Waals surface area contributed by atoms with Gasteiger partial charge >= 0.3 is 0 Å². The van der Waals surface area contributed by atoms with E-state index in [0.717, 1.165) is 42.5 Å². The summed E-state index contributed by atoms with van der Waals surface area (Å²) < 4.78 is 4.21. The highest BCUT2D eigenvalue weighted by molar-refractivity contribution is 5.68. The number of nitrogen functional groups attached to an aromatic ring is 1. The summed E-state index contributed by atoms with van der Waals surface area (Å²) in [5, 5.41) is 0. The maximum absolute atomic E-state index is 6.36. The SMILES string of the molecule is CCCn1c(C(C)(C)C)nc(-c2cncn2CC)c1N. The lowest BCUT2D eigenvalue weighted by Crippen LogP contribution is -2.19. The van der Waals surface area contributed by atoms with Gasteiger partial charge in [0.25, 0.3) is 0 Å². The molecule has 0 aliphatic heterocycles. The van der Waals surface area contributed by atoms with Crippen LogP contribution in [-0.4, -0.2) is 19.1 Å². The summed E-state index contributed by atoms with van der Waals surface area (Å²) in [7, 11) is 0. The summed E-state index contributed by atoms with van der Waals surface area (Å²) in [5.74, 6) is 1.78. The third kappa shape index (κ3) is 2.44. The molecule has 0 atom stereocenters. The third-order valence-corrected chi connectivity index (χ3v) is 3.42. The van der Waals surface area contributed by atoms with Gasteiger partial charge in [0.15, 0.2) is 0 Å². The van der Waals surface area contributed by atoms with Gasteiger partial charge in [-0.2, -0.15) is 0 Å². The number of hydrogen-bond acceptors (Lipinski definition) is 3. The van der Waals surface area contributed by atoms with E-state index in [1.54, 1.807) is 0 Å². The van der Waals surface area contributed by atoms with Crippen molar-refractivity contribution in [3.63, 3.8) is 0 Å². The zero-order valence-corrected chi connectivity index (χ0v) is 13.1. The molecule has 0 spiro atoms. The molecule has 0 fully saturated rings. The fourth-order valence-corrected chi connectivity index (χ4v) is 2.45. The van der Waals surface area contributed by atoms with Crippen molar-refractivity contribution in [2.24, 2.45) is 0 Å². The van der Waals surface area contributed by atoms with Crippen LogP contribution in [0.4, 0.5) is 5.82 Å². The Hall–Kier alpha value is -1.78. The van der Waals surface area contributed by atoms with Gasteiger partial charge in [-0.15, -0.1) is 0 Å². The molecule has 2 N–H and O–H groups in total. The zero-order chi connectivity index (χ0) is 14.9. The van der Waals surface area contributed by atoms with E-state index in [0.29, 0.717) is 0 Å². The van der Waals surface area contributed by atoms with Gasteiger partial charge in [0, 0.05) is 18.5 Å². The van der Waals surface area contributed by atoms with E-state index in [9.17, 15) is 0 Å². The van der Waals surface area contributed by atoms with Gasteiger partial charge in [-0.3, -0.25) is 0 Å². The van der Waals surface area contributed by atoms with Crippen LogP contribution in [0.5, 0.6) is 0 Å². The standard InChI is InChI=1S/C15H25N5/c1-6-8-20-13(16)12(18-14(20)15(3,4)5)11-9-17-10-19(11)7-2/h9-10H,6-8,16H2,1-5H3. The number of hydrogen-bond donors (Lipinski definition) is 1. The molecule has 2 rings (SSSR count). The predicted molar refractivity (Wildman–Crippen MR) is 82.5 cm³/mol.